The minimum absolute atomic E-state index is 0.181. The van der Waals surface area contributed by atoms with Crippen LogP contribution in [0.2, 0.25) is 0 Å². The van der Waals surface area contributed by atoms with E-state index in [9.17, 15) is 9.18 Å². The zero-order chi connectivity index (χ0) is 20.9. The standard InChI is InChI=1S/C21H26FN3O4/c1-21(13-28-19(29-14-21)15-4-6-16(22)7-5-15)20(26)24-17-8-9-18(23-12-17)27-11-10-25(2)3/h4-9,12,19H,10-11,13-14H2,1-3H3,(H,24,26). The fourth-order valence-corrected chi connectivity index (χ4v) is 2.71. The number of amides is 1. The molecular formula is C21H26FN3O4. The predicted molar refractivity (Wildman–Crippen MR) is 106 cm³/mol. The number of nitrogens with zero attached hydrogens (tertiary/aromatic N) is 2. The molecular weight excluding hydrogens is 377 g/mol. The zero-order valence-corrected chi connectivity index (χ0v) is 16.9. The van der Waals surface area contributed by atoms with E-state index in [1.165, 1.54) is 12.1 Å². The summed E-state index contributed by atoms with van der Waals surface area (Å²) < 4.78 is 30.0. The Morgan fingerprint density at radius 2 is 1.93 bits per heavy atom. The number of anilines is 1. The van der Waals surface area contributed by atoms with Gasteiger partial charge in [0.15, 0.2) is 6.29 Å². The van der Waals surface area contributed by atoms with Gasteiger partial charge >= 0.3 is 0 Å². The number of carbonyl (C=O) groups excluding carboxylic acids is 1. The monoisotopic (exact) mass is 403 g/mol. The van der Waals surface area contributed by atoms with Gasteiger partial charge in [-0.25, -0.2) is 9.37 Å². The highest BCUT2D eigenvalue weighted by Crippen LogP contribution is 2.32. The molecule has 7 nitrogen and oxygen atoms in total. The summed E-state index contributed by atoms with van der Waals surface area (Å²) in [7, 11) is 3.94. The number of nitrogens with one attached hydrogen (secondary N) is 1. The molecule has 1 aromatic carbocycles. The number of aromatic nitrogens is 1. The molecule has 2 heterocycles. The number of carbonyl (C=O) groups is 1. The zero-order valence-electron chi connectivity index (χ0n) is 16.9. The van der Waals surface area contributed by atoms with Gasteiger partial charge in [-0.1, -0.05) is 12.1 Å². The summed E-state index contributed by atoms with van der Waals surface area (Å²) in [6.07, 6.45) is 0.940. The van der Waals surface area contributed by atoms with Crippen molar-refractivity contribution in [2.75, 3.05) is 45.8 Å². The second kappa shape index (κ2) is 9.30. The Hall–Kier alpha value is -2.55. The summed E-state index contributed by atoms with van der Waals surface area (Å²) in [5.41, 5.74) is 0.428. The molecule has 0 bridgehead atoms. The summed E-state index contributed by atoms with van der Waals surface area (Å²) in [4.78, 5) is 18.9. The lowest BCUT2D eigenvalue weighted by Gasteiger charge is -2.36. The van der Waals surface area contributed by atoms with Crippen LogP contribution in [0.15, 0.2) is 42.6 Å². The van der Waals surface area contributed by atoms with E-state index >= 15 is 0 Å². The Morgan fingerprint density at radius 3 is 2.52 bits per heavy atom. The third-order valence-corrected chi connectivity index (χ3v) is 4.58. The summed E-state index contributed by atoms with van der Waals surface area (Å²) in [5, 5.41) is 2.84. The Kier molecular flexibility index (Phi) is 6.79. The average molecular weight is 403 g/mol. The Bertz CT molecular complexity index is 804. The van der Waals surface area contributed by atoms with Gasteiger partial charge in [0.25, 0.3) is 0 Å². The molecule has 1 aromatic heterocycles. The maximum Gasteiger partial charge on any atom is 0.235 e. The van der Waals surface area contributed by atoms with Crippen molar-refractivity contribution in [3.63, 3.8) is 0 Å². The Balaban J connectivity index is 1.52. The fourth-order valence-electron chi connectivity index (χ4n) is 2.71. The van der Waals surface area contributed by atoms with E-state index in [1.807, 2.05) is 19.0 Å². The molecule has 1 saturated heterocycles. The first-order chi connectivity index (χ1) is 13.9. The molecule has 1 amide bonds. The van der Waals surface area contributed by atoms with Crippen LogP contribution in [0.5, 0.6) is 5.88 Å². The first kappa shape index (κ1) is 21.2. The molecule has 1 aliphatic heterocycles. The predicted octanol–water partition coefficient (Wildman–Crippen LogP) is 2.85. The fraction of sp³-hybridized carbons (Fsp3) is 0.429. The maximum absolute atomic E-state index is 13.1. The van der Waals surface area contributed by atoms with Gasteiger partial charge < -0.3 is 24.4 Å². The first-order valence-corrected chi connectivity index (χ1v) is 9.39. The first-order valence-electron chi connectivity index (χ1n) is 9.39. The largest absolute Gasteiger partial charge is 0.476 e. The van der Waals surface area contributed by atoms with Crippen molar-refractivity contribution in [2.24, 2.45) is 5.41 Å². The third-order valence-electron chi connectivity index (χ3n) is 4.58. The molecule has 2 aromatic rings. The van der Waals surface area contributed by atoms with Crippen LogP contribution in [0, 0.1) is 11.2 Å². The Labute approximate surface area is 169 Å². The van der Waals surface area contributed by atoms with Crippen LogP contribution in [-0.4, -0.2) is 56.3 Å². The van der Waals surface area contributed by atoms with Gasteiger partial charge in [-0.2, -0.15) is 0 Å². The molecule has 0 radical (unpaired) electrons. The van der Waals surface area contributed by atoms with Crippen LogP contribution in [-0.2, 0) is 14.3 Å². The van der Waals surface area contributed by atoms with Crippen molar-refractivity contribution in [3.05, 3.63) is 54.0 Å². The molecule has 29 heavy (non-hydrogen) atoms. The summed E-state index contributed by atoms with van der Waals surface area (Å²) in [6, 6.07) is 9.37. The Morgan fingerprint density at radius 1 is 1.24 bits per heavy atom. The lowest BCUT2D eigenvalue weighted by molar-refractivity contribution is -0.226. The van der Waals surface area contributed by atoms with Crippen LogP contribution < -0.4 is 10.1 Å². The van der Waals surface area contributed by atoms with Crippen LogP contribution in [0.3, 0.4) is 0 Å². The van der Waals surface area contributed by atoms with Gasteiger partial charge in [0, 0.05) is 18.2 Å². The van der Waals surface area contributed by atoms with E-state index in [0.717, 1.165) is 6.54 Å². The number of pyridine rings is 1. The average Bonchev–Trinajstić information content (AvgIpc) is 2.70. The SMILES string of the molecule is CN(C)CCOc1ccc(NC(=O)C2(C)COC(c3ccc(F)cc3)OC2)cn1. The van der Waals surface area contributed by atoms with Crippen LogP contribution in [0.25, 0.3) is 0 Å². The van der Waals surface area contributed by atoms with Crippen molar-refractivity contribution >= 4 is 11.6 Å². The van der Waals surface area contributed by atoms with E-state index < -0.39 is 11.7 Å². The van der Waals surface area contributed by atoms with Gasteiger partial charge in [-0.3, -0.25) is 4.79 Å². The molecule has 0 unspecified atom stereocenters. The molecule has 1 aliphatic rings. The number of likely N-dealkylation sites (N-methyl/N-ethyl adjacent to an activating group) is 1. The normalized spacial score (nSPS) is 21.8. The van der Waals surface area contributed by atoms with E-state index in [1.54, 1.807) is 37.4 Å². The molecule has 0 saturated carbocycles. The van der Waals surface area contributed by atoms with Gasteiger partial charge in [0.2, 0.25) is 11.8 Å². The molecule has 0 atom stereocenters. The van der Waals surface area contributed by atoms with Crippen molar-refractivity contribution in [2.45, 2.75) is 13.2 Å². The molecule has 156 valence electrons. The van der Waals surface area contributed by atoms with E-state index in [4.69, 9.17) is 14.2 Å². The second-order valence-electron chi connectivity index (χ2n) is 7.56. The number of hydrogen-bond donors (Lipinski definition) is 1. The maximum atomic E-state index is 13.1. The molecule has 3 rings (SSSR count). The number of halogens is 1. The van der Waals surface area contributed by atoms with Crippen LogP contribution in [0.4, 0.5) is 10.1 Å². The van der Waals surface area contributed by atoms with E-state index in [0.29, 0.717) is 23.7 Å². The van der Waals surface area contributed by atoms with Gasteiger partial charge in [0.1, 0.15) is 12.4 Å². The van der Waals surface area contributed by atoms with Crippen molar-refractivity contribution < 1.29 is 23.4 Å². The van der Waals surface area contributed by atoms with Crippen molar-refractivity contribution in [3.8, 4) is 5.88 Å². The molecule has 0 aliphatic carbocycles. The van der Waals surface area contributed by atoms with E-state index in [2.05, 4.69) is 10.3 Å². The minimum Gasteiger partial charge on any atom is -0.476 e. The lowest BCUT2D eigenvalue weighted by Crippen LogP contribution is -2.45. The van der Waals surface area contributed by atoms with Gasteiger partial charge in [-0.15, -0.1) is 0 Å². The highest BCUT2D eigenvalue weighted by Gasteiger charge is 2.40. The summed E-state index contributed by atoms with van der Waals surface area (Å²) >= 11 is 0. The number of benzene rings is 1. The third kappa shape index (κ3) is 5.72. The number of rotatable bonds is 7. The van der Waals surface area contributed by atoms with Crippen LogP contribution >= 0.6 is 0 Å². The number of hydrogen-bond acceptors (Lipinski definition) is 6. The molecule has 8 heteroatoms. The second-order valence-corrected chi connectivity index (χ2v) is 7.56. The minimum atomic E-state index is -0.850. The van der Waals surface area contributed by atoms with Crippen LogP contribution in [0.1, 0.15) is 18.8 Å². The molecule has 1 N–H and O–H groups in total. The smallest absolute Gasteiger partial charge is 0.235 e. The topological polar surface area (TPSA) is 72.9 Å². The van der Waals surface area contributed by atoms with Gasteiger partial charge in [0.05, 0.1) is 30.5 Å². The van der Waals surface area contributed by atoms with Gasteiger partial charge in [-0.05, 0) is 39.2 Å². The van der Waals surface area contributed by atoms with E-state index in [-0.39, 0.29) is 24.9 Å². The highest BCUT2D eigenvalue weighted by atomic mass is 19.1. The number of ether oxygens (including phenoxy) is 3. The van der Waals surface area contributed by atoms with Crippen molar-refractivity contribution in [1.29, 1.82) is 0 Å². The highest BCUT2D eigenvalue weighted by molar-refractivity contribution is 5.95. The van der Waals surface area contributed by atoms with Crippen molar-refractivity contribution in [1.82, 2.24) is 9.88 Å². The quantitative estimate of drug-likeness (QED) is 0.767. The molecule has 1 fully saturated rings. The lowest BCUT2D eigenvalue weighted by atomic mass is 9.90. The summed E-state index contributed by atoms with van der Waals surface area (Å²) in [5.74, 6) is -0.0443. The molecule has 0 spiro atoms. The summed E-state index contributed by atoms with van der Waals surface area (Å²) in [6.45, 7) is 3.46.